The highest BCUT2D eigenvalue weighted by molar-refractivity contribution is 7.89. The van der Waals surface area contributed by atoms with E-state index in [1.807, 2.05) is 24.3 Å². The molecule has 1 aliphatic heterocycles. The lowest BCUT2D eigenvalue weighted by atomic mass is 9.95. The quantitative estimate of drug-likeness (QED) is 0.814. The molecule has 3 rings (SSSR count). The number of benzene rings is 1. The van der Waals surface area contributed by atoms with Gasteiger partial charge in [-0.1, -0.05) is 19.1 Å². The number of fused-ring (bicyclic) bond motifs is 1. The van der Waals surface area contributed by atoms with Crippen LogP contribution in [0.2, 0.25) is 0 Å². The first-order valence-corrected chi connectivity index (χ1v) is 10.5. The molecule has 1 amide bonds. The summed E-state index contributed by atoms with van der Waals surface area (Å²) in [5.41, 5.74) is 1.47. The zero-order valence-corrected chi connectivity index (χ0v) is 15.3. The van der Waals surface area contributed by atoms with E-state index in [-0.39, 0.29) is 24.2 Å². The van der Waals surface area contributed by atoms with Gasteiger partial charge in [0.05, 0.1) is 11.0 Å². The Balaban J connectivity index is 1.83. The molecule has 2 atom stereocenters. The third-order valence-corrected chi connectivity index (χ3v) is 5.38. The van der Waals surface area contributed by atoms with Crippen molar-refractivity contribution in [3.05, 3.63) is 30.1 Å². The Kier molecular flexibility index (Phi) is 5.10. The van der Waals surface area contributed by atoms with E-state index in [1.54, 1.807) is 4.57 Å². The van der Waals surface area contributed by atoms with Crippen LogP contribution in [0.3, 0.4) is 0 Å². The minimum absolute atomic E-state index is 0.0641. The van der Waals surface area contributed by atoms with Crippen molar-refractivity contribution in [2.24, 2.45) is 5.92 Å². The summed E-state index contributed by atoms with van der Waals surface area (Å²) < 4.78 is 25.1. The number of carbonyl (C=O) groups is 1. The van der Waals surface area contributed by atoms with Gasteiger partial charge in [-0.25, -0.2) is 13.4 Å². The minimum atomic E-state index is -3.24. The summed E-state index contributed by atoms with van der Waals surface area (Å²) in [5, 5.41) is 6.35. The van der Waals surface area contributed by atoms with Gasteiger partial charge in [-0.3, -0.25) is 4.79 Å². The molecule has 136 valence electrons. The third-order valence-electron chi connectivity index (χ3n) is 4.60. The first-order chi connectivity index (χ1) is 11.8. The van der Waals surface area contributed by atoms with Crippen molar-refractivity contribution >= 4 is 26.8 Å². The van der Waals surface area contributed by atoms with Crippen molar-refractivity contribution in [1.29, 1.82) is 0 Å². The molecule has 2 aromatic rings. The van der Waals surface area contributed by atoms with Gasteiger partial charge in [0.2, 0.25) is 5.91 Å². The van der Waals surface area contributed by atoms with Gasteiger partial charge in [-0.2, -0.15) is 0 Å². The second-order valence-electron chi connectivity index (χ2n) is 6.82. The van der Waals surface area contributed by atoms with Crippen LogP contribution in [0.5, 0.6) is 0 Å². The van der Waals surface area contributed by atoms with Gasteiger partial charge in [0.15, 0.2) is 9.84 Å². The Morgan fingerprint density at radius 1 is 1.40 bits per heavy atom. The first-order valence-electron chi connectivity index (χ1n) is 8.45. The van der Waals surface area contributed by atoms with Crippen LogP contribution < -0.4 is 10.6 Å². The zero-order chi connectivity index (χ0) is 18.0. The SMILES string of the molecule is CC1CCNCC1NC(=O)Cn1c(CS(C)(=O)=O)nc2ccccc21. The lowest BCUT2D eigenvalue weighted by Gasteiger charge is -2.30. The summed E-state index contributed by atoms with van der Waals surface area (Å²) >= 11 is 0. The summed E-state index contributed by atoms with van der Waals surface area (Å²) in [7, 11) is -3.24. The molecular weight excluding hydrogens is 340 g/mol. The molecule has 0 spiro atoms. The van der Waals surface area contributed by atoms with Gasteiger partial charge in [-0.05, 0) is 31.0 Å². The minimum Gasteiger partial charge on any atom is -0.350 e. The van der Waals surface area contributed by atoms with Gasteiger partial charge in [0.25, 0.3) is 0 Å². The maximum atomic E-state index is 12.5. The number of piperidine rings is 1. The smallest absolute Gasteiger partial charge is 0.240 e. The Labute approximate surface area is 147 Å². The number of aromatic nitrogens is 2. The third kappa shape index (κ3) is 4.38. The molecule has 2 unspecified atom stereocenters. The molecule has 1 saturated heterocycles. The van der Waals surface area contributed by atoms with Crippen LogP contribution in [0.25, 0.3) is 11.0 Å². The van der Waals surface area contributed by atoms with Gasteiger partial charge in [-0.15, -0.1) is 0 Å². The Morgan fingerprint density at radius 3 is 2.88 bits per heavy atom. The van der Waals surface area contributed by atoms with Crippen molar-refractivity contribution in [2.45, 2.75) is 31.7 Å². The monoisotopic (exact) mass is 364 g/mol. The van der Waals surface area contributed by atoms with E-state index in [2.05, 4.69) is 22.5 Å². The van der Waals surface area contributed by atoms with E-state index in [0.29, 0.717) is 17.3 Å². The second kappa shape index (κ2) is 7.13. The van der Waals surface area contributed by atoms with E-state index in [9.17, 15) is 13.2 Å². The van der Waals surface area contributed by atoms with Gasteiger partial charge in [0, 0.05) is 18.8 Å². The van der Waals surface area contributed by atoms with Crippen LogP contribution in [-0.2, 0) is 26.9 Å². The summed E-state index contributed by atoms with van der Waals surface area (Å²) in [6.07, 6.45) is 2.20. The van der Waals surface area contributed by atoms with Gasteiger partial charge < -0.3 is 15.2 Å². The molecule has 0 aliphatic carbocycles. The molecule has 1 fully saturated rings. The standard InChI is InChI=1S/C17H24N4O3S/c1-12-7-8-18-9-14(12)20-17(22)10-21-15-6-4-3-5-13(15)19-16(21)11-25(2,23)24/h3-6,12,14,18H,7-11H2,1-2H3,(H,20,22). The fraction of sp³-hybridized carbons (Fsp3) is 0.529. The lowest BCUT2D eigenvalue weighted by molar-refractivity contribution is -0.122. The summed E-state index contributed by atoms with van der Waals surface area (Å²) in [6, 6.07) is 7.47. The maximum Gasteiger partial charge on any atom is 0.240 e. The molecule has 1 aliphatic rings. The molecule has 25 heavy (non-hydrogen) atoms. The van der Waals surface area contributed by atoms with Crippen molar-refractivity contribution in [3.8, 4) is 0 Å². The average Bonchev–Trinajstić information content (AvgIpc) is 2.85. The fourth-order valence-electron chi connectivity index (χ4n) is 3.23. The molecule has 2 heterocycles. The molecule has 0 bridgehead atoms. The number of imidazole rings is 1. The molecule has 0 saturated carbocycles. The zero-order valence-electron chi connectivity index (χ0n) is 14.5. The number of sulfone groups is 1. The number of hydrogen-bond donors (Lipinski definition) is 2. The Hall–Kier alpha value is -1.93. The van der Waals surface area contributed by atoms with E-state index in [4.69, 9.17) is 0 Å². The molecule has 2 N–H and O–H groups in total. The van der Waals surface area contributed by atoms with Crippen LogP contribution in [0.1, 0.15) is 19.2 Å². The van der Waals surface area contributed by atoms with E-state index < -0.39 is 9.84 Å². The highest BCUT2D eigenvalue weighted by Crippen LogP contribution is 2.18. The predicted molar refractivity (Wildman–Crippen MR) is 96.9 cm³/mol. The average molecular weight is 364 g/mol. The summed E-state index contributed by atoms with van der Waals surface area (Å²) in [6.45, 7) is 3.92. The van der Waals surface area contributed by atoms with Gasteiger partial charge >= 0.3 is 0 Å². The first kappa shape index (κ1) is 17.9. The summed E-state index contributed by atoms with van der Waals surface area (Å²) in [5.74, 6) is 0.503. The molecule has 8 heteroatoms. The number of rotatable bonds is 5. The molecule has 1 aromatic carbocycles. The highest BCUT2D eigenvalue weighted by atomic mass is 32.2. The molecular formula is C17H24N4O3S. The number of amides is 1. The van der Waals surface area contributed by atoms with E-state index >= 15 is 0 Å². The second-order valence-corrected chi connectivity index (χ2v) is 8.96. The number of nitrogens with zero attached hydrogens (tertiary/aromatic N) is 2. The van der Waals surface area contributed by atoms with E-state index in [1.165, 1.54) is 6.26 Å². The highest BCUT2D eigenvalue weighted by Gasteiger charge is 2.24. The lowest BCUT2D eigenvalue weighted by Crippen LogP contribution is -2.50. The van der Waals surface area contributed by atoms with Crippen molar-refractivity contribution in [3.63, 3.8) is 0 Å². The topological polar surface area (TPSA) is 93.1 Å². The Bertz CT molecular complexity index is 875. The van der Waals surface area contributed by atoms with Crippen LogP contribution in [0, 0.1) is 5.92 Å². The maximum absolute atomic E-state index is 12.5. The number of carbonyl (C=O) groups excluding carboxylic acids is 1. The Morgan fingerprint density at radius 2 is 2.16 bits per heavy atom. The van der Waals surface area contributed by atoms with Crippen LogP contribution >= 0.6 is 0 Å². The number of hydrogen-bond acceptors (Lipinski definition) is 5. The van der Waals surface area contributed by atoms with Gasteiger partial charge in [0.1, 0.15) is 18.1 Å². The van der Waals surface area contributed by atoms with Crippen molar-refractivity contribution in [1.82, 2.24) is 20.2 Å². The fourth-order valence-corrected chi connectivity index (χ4v) is 3.91. The van der Waals surface area contributed by atoms with Crippen LogP contribution in [-0.4, -0.2) is 49.3 Å². The number of nitrogens with one attached hydrogen (secondary N) is 2. The predicted octanol–water partition coefficient (Wildman–Crippen LogP) is 0.695. The molecule has 1 aromatic heterocycles. The largest absolute Gasteiger partial charge is 0.350 e. The molecule has 0 radical (unpaired) electrons. The van der Waals surface area contributed by atoms with Crippen LogP contribution in [0.4, 0.5) is 0 Å². The number of para-hydroxylation sites is 2. The van der Waals surface area contributed by atoms with Crippen molar-refractivity contribution in [2.75, 3.05) is 19.3 Å². The normalized spacial score (nSPS) is 21.4. The summed E-state index contributed by atoms with van der Waals surface area (Å²) in [4.78, 5) is 17.0. The van der Waals surface area contributed by atoms with Crippen LogP contribution in [0.15, 0.2) is 24.3 Å². The molecule has 7 nitrogen and oxygen atoms in total. The van der Waals surface area contributed by atoms with Crippen molar-refractivity contribution < 1.29 is 13.2 Å². The van der Waals surface area contributed by atoms with E-state index in [0.717, 1.165) is 25.0 Å².